The number of nitrogens with one attached hydrogen (secondary N) is 2. The van der Waals surface area contributed by atoms with Crippen molar-refractivity contribution in [3.8, 4) is 0 Å². The van der Waals surface area contributed by atoms with E-state index in [0.29, 0.717) is 25.1 Å². The van der Waals surface area contributed by atoms with Crippen molar-refractivity contribution in [2.75, 3.05) is 24.5 Å². The molecule has 2 saturated heterocycles. The maximum absolute atomic E-state index is 12.4. The van der Waals surface area contributed by atoms with E-state index in [1.54, 1.807) is 12.1 Å². The van der Waals surface area contributed by atoms with Crippen molar-refractivity contribution in [1.82, 2.24) is 10.6 Å². The molecule has 7 nitrogen and oxygen atoms in total. The van der Waals surface area contributed by atoms with Gasteiger partial charge in [0.1, 0.15) is 6.04 Å². The van der Waals surface area contributed by atoms with E-state index in [1.807, 2.05) is 12.1 Å². The van der Waals surface area contributed by atoms with Crippen molar-refractivity contribution in [1.29, 1.82) is 0 Å². The molecule has 3 amide bonds. The zero-order valence-corrected chi connectivity index (χ0v) is 14.9. The molecule has 26 heavy (non-hydrogen) atoms. The Bertz CT molecular complexity index is 674. The van der Waals surface area contributed by atoms with Gasteiger partial charge in [0.05, 0.1) is 5.92 Å². The summed E-state index contributed by atoms with van der Waals surface area (Å²) in [5.74, 6) is -0.738. The average molecular weight is 358 g/mol. The SMILES string of the molecule is NC(=O)C1CCCN(c2ccc(C(=O)NC3CCCCNC3=O)cc2)C1. The van der Waals surface area contributed by atoms with Crippen LogP contribution in [0.4, 0.5) is 5.69 Å². The van der Waals surface area contributed by atoms with Crippen LogP contribution in [0, 0.1) is 5.92 Å². The third kappa shape index (κ3) is 4.33. The molecule has 2 heterocycles. The van der Waals surface area contributed by atoms with Crippen LogP contribution in [0.2, 0.25) is 0 Å². The summed E-state index contributed by atoms with van der Waals surface area (Å²) in [5.41, 5.74) is 6.93. The van der Waals surface area contributed by atoms with Crippen LogP contribution in [0.5, 0.6) is 0 Å². The minimum absolute atomic E-state index is 0.113. The average Bonchev–Trinajstić information content (AvgIpc) is 2.86. The Labute approximate surface area is 153 Å². The van der Waals surface area contributed by atoms with Crippen LogP contribution in [0.15, 0.2) is 24.3 Å². The van der Waals surface area contributed by atoms with Gasteiger partial charge in [-0.3, -0.25) is 14.4 Å². The van der Waals surface area contributed by atoms with E-state index in [2.05, 4.69) is 15.5 Å². The first kappa shape index (κ1) is 18.2. The van der Waals surface area contributed by atoms with Gasteiger partial charge in [-0.15, -0.1) is 0 Å². The predicted octanol–water partition coefficient (Wildman–Crippen LogP) is 0.787. The summed E-state index contributed by atoms with van der Waals surface area (Å²) in [6, 6.07) is 6.81. The summed E-state index contributed by atoms with van der Waals surface area (Å²) in [6.45, 7) is 2.16. The molecule has 0 bridgehead atoms. The van der Waals surface area contributed by atoms with Gasteiger partial charge < -0.3 is 21.3 Å². The van der Waals surface area contributed by atoms with Crippen LogP contribution < -0.4 is 21.3 Å². The number of piperidine rings is 1. The highest BCUT2D eigenvalue weighted by Gasteiger charge is 2.25. The molecular weight excluding hydrogens is 332 g/mol. The summed E-state index contributed by atoms with van der Waals surface area (Å²) >= 11 is 0. The molecule has 2 aliphatic heterocycles. The second-order valence-corrected chi connectivity index (χ2v) is 7.05. The minimum atomic E-state index is -0.469. The first-order valence-electron chi connectivity index (χ1n) is 9.27. The molecule has 2 atom stereocenters. The number of carbonyl (C=O) groups excluding carboxylic acids is 3. The van der Waals surface area contributed by atoms with Crippen molar-refractivity contribution < 1.29 is 14.4 Å². The van der Waals surface area contributed by atoms with Crippen LogP contribution in [0.1, 0.15) is 42.5 Å². The molecule has 2 aliphatic rings. The topological polar surface area (TPSA) is 105 Å². The lowest BCUT2D eigenvalue weighted by molar-refractivity contribution is -0.123. The number of primary amides is 1. The zero-order chi connectivity index (χ0) is 18.5. The van der Waals surface area contributed by atoms with E-state index in [0.717, 1.165) is 37.9 Å². The standard InChI is InChI=1S/C19H26N4O3/c20-17(24)14-4-3-11-23(12-14)15-8-6-13(7-9-15)18(25)22-16-5-1-2-10-21-19(16)26/h6-9,14,16H,1-5,10-12H2,(H2,20,24)(H,21,26)(H,22,25). The number of rotatable bonds is 4. The number of amides is 3. The second kappa shape index (κ2) is 8.21. The Hall–Kier alpha value is -2.57. The van der Waals surface area contributed by atoms with Crippen LogP contribution in [-0.2, 0) is 9.59 Å². The molecule has 0 aromatic heterocycles. The lowest BCUT2D eigenvalue weighted by atomic mass is 9.97. The smallest absolute Gasteiger partial charge is 0.251 e. The molecule has 1 aromatic rings. The number of nitrogens with two attached hydrogens (primary N) is 1. The Morgan fingerprint density at radius 3 is 2.62 bits per heavy atom. The van der Waals surface area contributed by atoms with Crippen molar-refractivity contribution in [3.63, 3.8) is 0 Å². The van der Waals surface area contributed by atoms with E-state index in [4.69, 9.17) is 5.73 Å². The van der Waals surface area contributed by atoms with Crippen molar-refractivity contribution in [2.45, 2.75) is 38.1 Å². The monoisotopic (exact) mass is 358 g/mol. The zero-order valence-electron chi connectivity index (χ0n) is 14.9. The molecule has 140 valence electrons. The highest BCUT2D eigenvalue weighted by atomic mass is 16.2. The molecule has 7 heteroatoms. The third-order valence-corrected chi connectivity index (χ3v) is 5.16. The largest absolute Gasteiger partial charge is 0.371 e. The Kier molecular flexibility index (Phi) is 5.75. The van der Waals surface area contributed by atoms with Crippen molar-refractivity contribution in [3.05, 3.63) is 29.8 Å². The highest BCUT2D eigenvalue weighted by molar-refractivity contribution is 5.97. The van der Waals surface area contributed by atoms with Gasteiger partial charge in [-0.1, -0.05) is 0 Å². The van der Waals surface area contributed by atoms with Gasteiger partial charge in [-0.05, 0) is 56.4 Å². The summed E-state index contributed by atoms with van der Waals surface area (Å²) in [5, 5.41) is 5.64. The van der Waals surface area contributed by atoms with Gasteiger partial charge in [0.15, 0.2) is 0 Å². The molecule has 3 rings (SSSR count). The lowest BCUT2D eigenvalue weighted by Gasteiger charge is -2.33. The number of nitrogens with zero attached hydrogens (tertiary/aromatic N) is 1. The second-order valence-electron chi connectivity index (χ2n) is 7.05. The molecule has 0 radical (unpaired) electrons. The van der Waals surface area contributed by atoms with Crippen LogP contribution in [0.25, 0.3) is 0 Å². The van der Waals surface area contributed by atoms with Crippen molar-refractivity contribution in [2.24, 2.45) is 11.7 Å². The van der Waals surface area contributed by atoms with Gasteiger partial charge >= 0.3 is 0 Å². The van der Waals surface area contributed by atoms with Crippen LogP contribution >= 0.6 is 0 Å². The number of hydrogen-bond acceptors (Lipinski definition) is 4. The van der Waals surface area contributed by atoms with Crippen LogP contribution in [-0.4, -0.2) is 43.4 Å². The van der Waals surface area contributed by atoms with E-state index in [-0.39, 0.29) is 23.6 Å². The summed E-state index contributed by atoms with van der Waals surface area (Å²) < 4.78 is 0. The number of benzene rings is 1. The minimum Gasteiger partial charge on any atom is -0.371 e. The third-order valence-electron chi connectivity index (χ3n) is 5.16. The van der Waals surface area contributed by atoms with Gasteiger partial charge in [0.25, 0.3) is 5.91 Å². The van der Waals surface area contributed by atoms with E-state index in [9.17, 15) is 14.4 Å². The quantitative estimate of drug-likeness (QED) is 0.740. The molecule has 4 N–H and O–H groups in total. The predicted molar refractivity (Wildman–Crippen MR) is 98.7 cm³/mol. The molecular formula is C19H26N4O3. The fraction of sp³-hybridized carbons (Fsp3) is 0.526. The van der Waals surface area contributed by atoms with Gasteiger partial charge in [-0.2, -0.15) is 0 Å². The van der Waals surface area contributed by atoms with Gasteiger partial charge in [-0.25, -0.2) is 0 Å². The van der Waals surface area contributed by atoms with E-state index >= 15 is 0 Å². The molecule has 0 aliphatic carbocycles. The molecule has 0 spiro atoms. The molecule has 1 aromatic carbocycles. The Morgan fingerprint density at radius 2 is 1.88 bits per heavy atom. The number of carbonyl (C=O) groups is 3. The number of anilines is 1. The molecule has 2 unspecified atom stereocenters. The fourth-order valence-corrected chi connectivity index (χ4v) is 3.59. The van der Waals surface area contributed by atoms with E-state index in [1.165, 1.54) is 0 Å². The van der Waals surface area contributed by atoms with E-state index < -0.39 is 6.04 Å². The molecule has 2 fully saturated rings. The Balaban J connectivity index is 1.62. The summed E-state index contributed by atoms with van der Waals surface area (Å²) in [6.07, 6.45) is 4.27. The first-order valence-corrected chi connectivity index (χ1v) is 9.27. The van der Waals surface area contributed by atoms with Gasteiger partial charge in [0.2, 0.25) is 11.8 Å². The highest BCUT2D eigenvalue weighted by Crippen LogP contribution is 2.23. The first-order chi connectivity index (χ1) is 12.5. The summed E-state index contributed by atoms with van der Waals surface area (Å²) in [7, 11) is 0. The Morgan fingerprint density at radius 1 is 1.12 bits per heavy atom. The lowest BCUT2D eigenvalue weighted by Crippen LogP contribution is -2.45. The summed E-state index contributed by atoms with van der Waals surface area (Å²) in [4.78, 5) is 37.9. The van der Waals surface area contributed by atoms with Crippen LogP contribution in [0.3, 0.4) is 0 Å². The van der Waals surface area contributed by atoms with Crippen molar-refractivity contribution >= 4 is 23.4 Å². The molecule has 0 saturated carbocycles. The van der Waals surface area contributed by atoms with Gasteiger partial charge in [0, 0.05) is 30.9 Å². The number of hydrogen-bond donors (Lipinski definition) is 3. The maximum atomic E-state index is 12.4. The normalized spacial score (nSPS) is 23.7. The maximum Gasteiger partial charge on any atom is 0.251 e. The fourth-order valence-electron chi connectivity index (χ4n) is 3.59.